The molecule has 18 heavy (non-hydrogen) atoms. The van der Waals surface area contributed by atoms with Crippen LogP contribution in [0.25, 0.3) is 0 Å². The van der Waals surface area contributed by atoms with Gasteiger partial charge in [-0.25, -0.2) is 0 Å². The molecule has 0 spiro atoms. The van der Waals surface area contributed by atoms with Gasteiger partial charge in [0, 0.05) is 6.04 Å². The molecular weight excluding hydrogens is 247 g/mol. The van der Waals surface area contributed by atoms with E-state index in [0.29, 0.717) is 0 Å². The van der Waals surface area contributed by atoms with Crippen molar-refractivity contribution in [3.8, 4) is 0 Å². The molecule has 0 aromatic heterocycles. The minimum Gasteiger partial charge on any atom is -0.481 e. The first-order valence-electron chi connectivity index (χ1n) is 5.42. The first kappa shape index (κ1) is 12.9. The number of rotatable bonds is 2. The molecule has 0 aliphatic heterocycles. The number of aliphatic carboxylic acids is 1. The molecule has 0 radical (unpaired) electrons. The van der Waals surface area contributed by atoms with Crippen LogP contribution in [0.3, 0.4) is 0 Å². The molecule has 0 amide bonds. The van der Waals surface area contributed by atoms with Gasteiger partial charge in [-0.15, -0.1) is 0 Å². The third-order valence-corrected chi connectivity index (χ3v) is 3.37. The van der Waals surface area contributed by atoms with Gasteiger partial charge in [0.2, 0.25) is 0 Å². The molecule has 1 aromatic rings. The largest absolute Gasteiger partial charge is 0.481 e. The summed E-state index contributed by atoms with van der Waals surface area (Å²) in [6.45, 7) is 0. The Labute approximate surface area is 101 Å². The van der Waals surface area contributed by atoms with Gasteiger partial charge in [0.25, 0.3) is 0 Å². The highest BCUT2D eigenvalue weighted by Gasteiger charge is 2.51. The van der Waals surface area contributed by atoms with Crippen LogP contribution in [0.5, 0.6) is 0 Å². The van der Waals surface area contributed by atoms with Crippen molar-refractivity contribution in [2.45, 2.75) is 30.5 Å². The van der Waals surface area contributed by atoms with Crippen molar-refractivity contribution in [2.24, 2.45) is 5.73 Å². The summed E-state index contributed by atoms with van der Waals surface area (Å²) in [5.41, 5.74) is 3.64. The second-order valence-electron chi connectivity index (χ2n) is 4.63. The van der Waals surface area contributed by atoms with Crippen molar-refractivity contribution in [1.82, 2.24) is 0 Å². The fourth-order valence-corrected chi connectivity index (χ4v) is 2.36. The maximum absolute atomic E-state index is 12.6. The van der Waals surface area contributed by atoms with E-state index in [0.717, 1.165) is 12.1 Å². The standard InChI is InChI=1S/C12H12F3NO2/c13-12(14,15)8-3-1-2-7(4-8)11(10(17)18)5-9(16)6-11/h1-4,9H,5-6,16H2,(H,17,18). The topological polar surface area (TPSA) is 63.3 Å². The molecule has 0 unspecified atom stereocenters. The molecule has 0 saturated heterocycles. The smallest absolute Gasteiger partial charge is 0.416 e. The van der Waals surface area contributed by atoms with Crippen LogP contribution in [-0.4, -0.2) is 17.1 Å². The maximum atomic E-state index is 12.6. The van der Waals surface area contributed by atoms with Crippen molar-refractivity contribution < 1.29 is 23.1 Å². The lowest BCUT2D eigenvalue weighted by Crippen LogP contribution is -2.54. The van der Waals surface area contributed by atoms with E-state index in [-0.39, 0.29) is 24.4 Å². The second kappa shape index (κ2) is 3.98. The Kier molecular flexibility index (Phi) is 2.85. The lowest BCUT2D eigenvalue weighted by Gasteiger charge is -2.43. The molecule has 1 aliphatic rings. The summed E-state index contributed by atoms with van der Waals surface area (Å²) >= 11 is 0. The van der Waals surface area contributed by atoms with Gasteiger partial charge >= 0.3 is 12.1 Å². The van der Waals surface area contributed by atoms with Crippen molar-refractivity contribution in [1.29, 1.82) is 0 Å². The van der Waals surface area contributed by atoms with Crippen LogP contribution in [0.2, 0.25) is 0 Å². The van der Waals surface area contributed by atoms with Gasteiger partial charge in [-0.05, 0) is 24.5 Å². The van der Waals surface area contributed by atoms with Gasteiger partial charge in [-0.2, -0.15) is 13.2 Å². The predicted molar refractivity (Wildman–Crippen MR) is 58.0 cm³/mol. The van der Waals surface area contributed by atoms with Gasteiger partial charge in [0.1, 0.15) is 0 Å². The lowest BCUT2D eigenvalue weighted by molar-refractivity contribution is -0.148. The zero-order valence-electron chi connectivity index (χ0n) is 9.37. The zero-order chi connectivity index (χ0) is 13.6. The number of hydrogen-bond donors (Lipinski definition) is 2. The van der Waals surface area contributed by atoms with Gasteiger partial charge < -0.3 is 10.8 Å². The number of nitrogens with two attached hydrogens (primary N) is 1. The Morgan fingerprint density at radius 2 is 2.00 bits per heavy atom. The van der Waals surface area contributed by atoms with Crippen molar-refractivity contribution in [3.05, 3.63) is 35.4 Å². The van der Waals surface area contributed by atoms with Crippen LogP contribution in [0.15, 0.2) is 24.3 Å². The Bertz CT molecular complexity index is 478. The average molecular weight is 259 g/mol. The van der Waals surface area contributed by atoms with E-state index in [2.05, 4.69) is 0 Å². The third-order valence-electron chi connectivity index (χ3n) is 3.37. The molecule has 0 atom stereocenters. The number of alkyl halides is 3. The summed E-state index contributed by atoms with van der Waals surface area (Å²) in [4.78, 5) is 11.3. The van der Waals surface area contributed by atoms with Gasteiger partial charge in [0.15, 0.2) is 0 Å². The minimum absolute atomic E-state index is 0.170. The van der Waals surface area contributed by atoms with Gasteiger partial charge in [-0.3, -0.25) is 4.79 Å². The molecule has 6 heteroatoms. The first-order chi connectivity index (χ1) is 8.25. The zero-order valence-corrected chi connectivity index (χ0v) is 9.37. The molecular formula is C12H12F3NO2. The fraction of sp³-hybridized carbons (Fsp3) is 0.417. The Morgan fingerprint density at radius 3 is 2.44 bits per heavy atom. The van der Waals surface area contributed by atoms with E-state index >= 15 is 0 Å². The maximum Gasteiger partial charge on any atom is 0.416 e. The Balaban J connectivity index is 2.42. The normalized spacial score (nSPS) is 27.7. The second-order valence-corrected chi connectivity index (χ2v) is 4.63. The quantitative estimate of drug-likeness (QED) is 0.855. The summed E-state index contributed by atoms with van der Waals surface area (Å²) in [6, 6.07) is 4.20. The molecule has 1 aliphatic carbocycles. The van der Waals surface area contributed by atoms with Gasteiger partial charge in [-0.1, -0.05) is 18.2 Å². The molecule has 0 bridgehead atoms. The van der Waals surface area contributed by atoms with E-state index in [4.69, 9.17) is 5.73 Å². The molecule has 98 valence electrons. The third kappa shape index (κ3) is 1.96. The summed E-state index contributed by atoms with van der Waals surface area (Å²) in [7, 11) is 0. The van der Waals surface area contributed by atoms with E-state index in [9.17, 15) is 23.1 Å². The summed E-state index contributed by atoms with van der Waals surface area (Å²) in [5, 5.41) is 9.21. The van der Waals surface area contributed by atoms with Gasteiger partial charge in [0.05, 0.1) is 11.0 Å². The molecule has 2 rings (SSSR count). The highest BCUT2D eigenvalue weighted by Crippen LogP contribution is 2.44. The van der Waals surface area contributed by atoms with Crippen molar-refractivity contribution in [2.75, 3.05) is 0 Å². The Hall–Kier alpha value is -1.56. The monoisotopic (exact) mass is 259 g/mol. The Morgan fingerprint density at radius 1 is 1.39 bits per heavy atom. The first-order valence-corrected chi connectivity index (χ1v) is 5.42. The highest BCUT2D eigenvalue weighted by atomic mass is 19.4. The number of carboxylic acids is 1. The van der Waals surface area contributed by atoms with E-state index < -0.39 is 23.1 Å². The number of halogens is 3. The van der Waals surface area contributed by atoms with Crippen LogP contribution in [0, 0.1) is 0 Å². The van der Waals surface area contributed by atoms with Crippen LogP contribution < -0.4 is 5.73 Å². The molecule has 3 N–H and O–H groups in total. The lowest BCUT2D eigenvalue weighted by atomic mass is 9.61. The van der Waals surface area contributed by atoms with E-state index in [1.54, 1.807) is 0 Å². The summed E-state index contributed by atoms with van der Waals surface area (Å²) < 4.78 is 37.8. The molecule has 0 heterocycles. The number of hydrogen-bond acceptors (Lipinski definition) is 2. The van der Waals surface area contributed by atoms with Crippen LogP contribution in [-0.2, 0) is 16.4 Å². The van der Waals surface area contributed by atoms with Crippen LogP contribution in [0.1, 0.15) is 24.0 Å². The minimum atomic E-state index is -4.47. The van der Waals surface area contributed by atoms with Crippen LogP contribution >= 0.6 is 0 Å². The fourth-order valence-electron chi connectivity index (χ4n) is 2.36. The summed E-state index contributed by atoms with van der Waals surface area (Å²) in [6.07, 6.45) is -4.13. The van der Waals surface area contributed by atoms with Crippen molar-refractivity contribution in [3.63, 3.8) is 0 Å². The average Bonchev–Trinajstić information content (AvgIpc) is 2.23. The molecule has 1 saturated carbocycles. The predicted octanol–water partition coefficient (Wildman–Crippen LogP) is 2.15. The number of carbonyl (C=O) groups is 1. The number of carboxylic acid groups (broad SMARTS) is 1. The van der Waals surface area contributed by atoms with E-state index in [1.165, 1.54) is 12.1 Å². The highest BCUT2D eigenvalue weighted by molar-refractivity contribution is 5.83. The summed E-state index contributed by atoms with van der Waals surface area (Å²) in [5.74, 6) is -1.12. The SMILES string of the molecule is NC1CC(C(=O)O)(c2cccc(C(F)(F)F)c2)C1. The van der Waals surface area contributed by atoms with E-state index in [1.807, 2.05) is 0 Å². The molecule has 1 fully saturated rings. The number of benzene rings is 1. The molecule has 1 aromatic carbocycles. The molecule has 3 nitrogen and oxygen atoms in total. The van der Waals surface area contributed by atoms with Crippen LogP contribution in [0.4, 0.5) is 13.2 Å². The van der Waals surface area contributed by atoms with Crippen molar-refractivity contribution >= 4 is 5.97 Å².